The minimum absolute atomic E-state index is 0.600. The van der Waals surface area contributed by atoms with Crippen LogP contribution in [0.1, 0.15) is 38.4 Å². The van der Waals surface area contributed by atoms with Crippen molar-refractivity contribution in [2.75, 3.05) is 30.4 Å². The lowest BCUT2D eigenvalue weighted by atomic mass is 10.3. The molecular weight excluding hydrogens is 200 g/mol. The number of rotatable bonds is 5. The molecule has 88 valence electrons. The number of hydrogen-bond donors (Lipinski definition) is 1. The van der Waals surface area contributed by atoms with Gasteiger partial charge in [-0.05, 0) is 26.7 Å². The molecule has 1 N–H and O–H groups in total. The first-order valence-corrected chi connectivity index (χ1v) is 6.08. The van der Waals surface area contributed by atoms with E-state index in [4.69, 9.17) is 0 Å². The van der Waals surface area contributed by atoms with Gasteiger partial charge in [0.05, 0.1) is 0 Å². The van der Waals surface area contributed by atoms with Gasteiger partial charge in [-0.25, -0.2) is 9.97 Å². The van der Waals surface area contributed by atoms with Crippen LogP contribution in [-0.4, -0.2) is 30.1 Å². The van der Waals surface area contributed by atoms with Crippen molar-refractivity contribution in [3.63, 3.8) is 0 Å². The van der Waals surface area contributed by atoms with E-state index in [1.807, 2.05) is 6.07 Å². The van der Waals surface area contributed by atoms with Gasteiger partial charge < -0.3 is 10.2 Å². The molecule has 1 aliphatic rings. The quantitative estimate of drug-likeness (QED) is 0.826. The summed E-state index contributed by atoms with van der Waals surface area (Å²) in [5, 5.41) is 3.27. The van der Waals surface area contributed by atoms with E-state index in [-0.39, 0.29) is 0 Å². The first-order valence-electron chi connectivity index (χ1n) is 6.08. The van der Waals surface area contributed by atoms with Crippen molar-refractivity contribution in [1.82, 2.24) is 9.97 Å². The lowest BCUT2D eigenvalue weighted by Crippen LogP contribution is -2.18. The molecule has 4 heteroatoms. The molecule has 0 atom stereocenters. The number of nitrogens with zero attached hydrogens (tertiary/aromatic N) is 3. The highest BCUT2D eigenvalue weighted by Crippen LogP contribution is 2.39. The Bertz CT molecular complexity index is 360. The van der Waals surface area contributed by atoms with Gasteiger partial charge in [0, 0.05) is 32.1 Å². The average Bonchev–Trinajstić information content (AvgIpc) is 3.12. The summed E-state index contributed by atoms with van der Waals surface area (Å²) in [7, 11) is 2.06. The standard InChI is InChI=1S/C12H20N4/c1-4-13-10-8-11(16(3)5-2)15-12(14-10)9-6-7-9/h8-9H,4-7H2,1-3H3,(H,13,14,15). The number of aromatic nitrogens is 2. The minimum Gasteiger partial charge on any atom is -0.370 e. The van der Waals surface area contributed by atoms with Crippen molar-refractivity contribution in [3.05, 3.63) is 11.9 Å². The second-order valence-corrected chi connectivity index (χ2v) is 4.29. The molecular formula is C12H20N4. The van der Waals surface area contributed by atoms with Crippen molar-refractivity contribution in [3.8, 4) is 0 Å². The summed E-state index contributed by atoms with van der Waals surface area (Å²) in [5.74, 6) is 3.58. The summed E-state index contributed by atoms with van der Waals surface area (Å²) in [6.07, 6.45) is 2.48. The Kier molecular flexibility index (Phi) is 3.27. The number of hydrogen-bond acceptors (Lipinski definition) is 4. The van der Waals surface area contributed by atoms with Crippen molar-refractivity contribution in [1.29, 1.82) is 0 Å². The number of anilines is 2. The smallest absolute Gasteiger partial charge is 0.136 e. The first-order chi connectivity index (χ1) is 7.74. The number of nitrogens with one attached hydrogen (secondary N) is 1. The lowest BCUT2D eigenvalue weighted by Gasteiger charge is -2.17. The molecule has 4 nitrogen and oxygen atoms in total. The van der Waals surface area contributed by atoms with Crippen LogP contribution in [0.3, 0.4) is 0 Å². The van der Waals surface area contributed by atoms with Crippen molar-refractivity contribution in [2.24, 2.45) is 0 Å². The summed E-state index contributed by atoms with van der Waals surface area (Å²) in [6.45, 7) is 6.08. The molecule has 1 aliphatic carbocycles. The molecule has 1 aromatic rings. The van der Waals surface area contributed by atoms with E-state index >= 15 is 0 Å². The first kappa shape index (κ1) is 11.2. The van der Waals surface area contributed by atoms with Gasteiger partial charge in [0.2, 0.25) is 0 Å². The van der Waals surface area contributed by atoms with Crippen LogP contribution in [0.2, 0.25) is 0 Å². The molecule has 0 aromatic carbocycles. The Morgan fingerprint density at radius 3 is 2.69 bits per heavy atom. The molecule has 0 bridgehead atoms. The Balaban J connectivity index is 2.28. The Morgan fingerprint density at radius 2 is 2.12 bits per heavy atom. The monoisotopic (exact) mass is 220 g/mol. The van der Waals surface area contributed by atoms with E-state index in [1.54, 1.807) is 0 Å². The van der Waals surface area contributed by atoms with Crippen molar-refractivity contribution >= 4 is 11.6 Å². The fourth-order valence-corrected chi connectivity index (χ4v) is 1.61. The molecule has 1 aromatic heterocycles. The summed E-state index contributed by atoms with van der Waals surface area (Å²) in [6, 6.07) is 2.03. The second-order valence-electron chi connectivity index (χ2n) is 4.29. The third kappa shape index (κ3) is 2.43. The molecule has 0 aliphatic heterocycles. The van der Waals surface area contributed by atoms with Gasteiger partial charge in [0.15, 0.2) is 0 Å². The Hall–Kier alpha value is -1.32. The third-order valence-electron chi connectivity index (χ3n) is 2.90. The lowest BCUT2D eigenvalue weighted by molar-refractivity contribution is 0.873. The van der Waals surface area contributed by atoms with Crippen LogP contribution in [0.4, 0.5) is 11.6 Å². The van der Waals surface area contributed by atoms with Crippen LogP contribution in [-0.2, 0) is 0 Å². The molecule has 0 spiro atoms. The summed E-state index contributed by atoms with van der Waals surface area (Å²) in [5.41, 5.74) is 0. The second kappa shape index (κ2) is 4.68. The maximum absolute atomic E-state index is 4.62. The SMILES string of the molecule is CCNc1cc(N(C)CC)nc(C2CC2)n1. The van der Waals surface area contributed by atoms with E-state index in [2.05, 4.69) is 41.1 Å². The molecule has 2 rings (SSSR count). The van der Waals surface area contributed by atoms with Gasteiger partial charge >= 0.3 is 0 Å². The maximum atomic E-state index is 4.62. The molecule has 1 heterocycles. The predicted molar refractivity (Wildman–Crippen MR) is 67.1 cm³/mol. The van der Waals surface area contributed by atoms with Crippen molar-refractivity contribution < 1.29 is 0 Å². The molecule has 0 radical (unpaired) electrons. The predicted octanol–water partition coefficient (Wildman–Crippen LogP) is 2.24. The van der Waals surface area contributed by atoms with E-state index in [0.29, 0.717) is 5.92 Å². The highest BCUT2D eigenvalue weighted by molar-refractivity contribution is 5.49. The zero-order chi connectivity index (χ0) is 11.5. The maximum Gasteiger partial charge on any atom is 0.136 e. The van der Waals surface area contributed by atoms with Crippen LogP contribution in [0, 0.1) is 0 Å². The van der Waals surface area contributed by atoms with Crippen LogP contribution in [0.15, 0.2) is 6.07 Å². The highest BCUT2D eigenvalue weighted by Gasteiger charge is 2.27. The van der Waals surface area contributed by atoms with Gasteiger partial charge in [-0.3, -0.25) is 0 Å². The van der Waals surface area contributed by atoms with Crippen LogP contribution in [0.25, 0.3) is 0 Å². The van der Waals surface area contributed by atoms with Crippen LogP contribution >= 0.6 is 0 Å². The summed E-state index contributed by atoms with van der Waals surface area (Å²) < 4.78 is 0. The summed E-state index contributed by atoms with van der Waals surface area (Å²) >= 11 is 0. The van der Waals surface area contributed by atoms with Gasteiger partial charge in [-0.2, -0.15) is 0 Å². The van der Waals surface area contributed by atoms with Gasteiger partial charge in [-0.1, -0.05) is 0 Å². The van der Waals surface area contributed by atoms with Crippen LogP contribution in [0.5, 0.6) is 0 Å². The average molecular weight is 220 g/mol. The van der Waals surface area contributed by atoms with Gasteiger partial charge in [-0.15, -0.1) is 0 Å². The molecule has 16 heavy (non-hydrogen) atoms. The minimum atomic E-state index is 0.600. The summed E-state index contributed by atoms with van der Waals surface area (Å²) in [4.78, 5) is 11.3. The topological polar surface area (TPSA) is 41.0 Å². The third-order valence-corrected chi connectivity index (χ3v) is 2.90. The molecule has 0 saturated heterocycles. The fourth-order valence-electron chi connectivity index (χ4n) is 1.61. The normalized spacial score (nSPS) is 14.9. The van der Waals surface area contributed by atoms with E-state index in [0.717, 1.165) is 30.5 Å². The van der Waals surface area contributed by atoms with Gasteiger partial charge in [0.25, 0.3) is 0 Å². The van der Waals surface area contributed by atoms with E-state index in [1.165, 1.54) is 12.8 Å². The largest absolute Gasteiger partial charge is 0.370 e. The highest BCUT2D eigenvalue weighted by atomic mass is 15.2. The molecule has 0 amide bonds. The Labute approximate surface area is 97.1 Å². The molecule has 0 unspecified atom stereocenters. The van der Waals surface area contributed by atoms with Crippen LogP contribution < -0.4 is 10.2 Å². The fraction of sp³-hybridized carbons (Fsp3) is 0.667. The van der Waals surface area contributed by atoms with E-state index in [9.17, 15) is 0 Å². The zero-order valence-electron chi connectivity index (χ0n) is 10.3. The van der Waals surface area contributed by atoms with E-state index < -0.39 is 0 Å². The Morgan fingerprint density at radius 1 is 1.38 bits per heavy atom. The van der Waals surface area contributed by atoms with Crippen molar-refractivity contribution in [2.45, 2.75) is 32.6 Å². The zero-order valence-corrected chi connectivity index (χ0v) is 10.3. The van der Waals surface area contributed by atoms with Gasteiger partial charge in [0.1, 0.15) is 17.5 Å². The molecule has 1 fully saturated rings. The molecule has 1 saturated carbocycles.